The van der Waals surface area contributed by atoms with Crippen LogP contribution in [0.15, 0.2) is 23.8 Å². The zero-order chi connectivity index (χ0) is 16.4. The lowest BCUT2D eigenvalue weighted by Crippen LogP contribution is -2.40. The van der Waals surface area contributed by atoms with E-state index in [9.17, 15) is 18.0 Å². The number of carbonyl (C=O) groups is 1. The summed E-state index contributed by atoms with van der Waals surface area (Å²) in [4.78, 5) is 18.3. The van der Waals surface area contributed by atoms with Gasteiger partial charge in [0.05, 0.1) is 5.01 Å². The van der Waals surface area contributed by atoms with Gasteiger partial charge in [-0.1, -0.05) is 0 Å². The van der Waals surface area contributed by atoms with Gasteiger partial charge in [0.1, 0.15) is 6.54 Å². The second-order valence-electron chi connectivity index (χ2n) is 5.45. The van der Waals surface area contributed by atoms with Crippen molar-refractivity contribution in [2.45, 2.75) is 31.5 Å². The maximum atomic E-state index is 12.5. The van der Waals surface area contributed by atoms with Gasteiger partial charge in [-0.3, -0.25) is 9.48 Å². The molecule has 1 amide bonds. The molecule has 0 spiro atoms. The Hall–Kier alpha value is -1.90. The van der Waals surface area contributed by atoms with Gasteiger partial charge in [-0.05, 0) is 18.9 Å². The Balaban J connectivity index is 1.63. The number of hydrogen-bond acceptors (Lipinski definition) is 4. The Labute approximate surface area is 134 Å². The number of likely N-dealkylation sites (tertiary alicyclic amines) is 1. The standard InChI is InChI=1S/C14H15F3N4OS/c15-14(16,17)11-3-6-21(19-11)9-12(22)20-5-1-2-10(8-20)13-18-4-7-23-13/h3-4,6-7,10H,1-2,5,8-9H2. The van der Waals surface area contributed by atoms with Crippen molar-refractivity contribution in [1.29, 1.82) is 0 Å². The summed E-state index contributed by atoms with van der Waals surface area (Å²) < 4.78 is 38.6. The third-order valence-corrected chi connectivity index (χ3v) is 4.74. The molecule has 1 aliphatic rings. The van der Waals surface area contributed by atoms with Gasteiger partial charge in [-0.2, -0.15) is 18.3 Å². The Morgan fingerprint density at radius 2 is 2.26 bits per heavy atom. The van der Waals surface area contributed by atoms with Crippen LogP contribution in [0.25, 0.3) is 0 Å². The van der Waals surface area contributed by atoms with Crippen LogP contribution in [0, 0.1) is 0 Å². The van der Waals surface area contributed by atoms with Crippen molar-refractivity contribution in [3.63, 3.8) is 0 Å². The molecule has 1 fully saturated rings. The number of piperidine rings is 1. The zero-order valence-electron chi connectivity index (χ0n) is 12.2. The quantitative estimate of drug-likeness (QED) is 0.860. The van der Waals surface area contributed by atoms with Gasteiger partial charge in [-0.25, -0.2) is 4.98 Å². The average Bonchev–Trinajstić information content (AvgIpc) is 3.18. The second kappa shape index (κ2) is 6.31. The number of carbonyl (C=O) groups excluding carboxylic acids is 1. The van der Waals surface area contributed by atoms with Crippen LogP contribution in [-0.4, -0.2) is 38.7 Å². The van der Waals surface area contributed by atoms with Crippen molar-refractivity contribution >= 4 is 17.2 Å². The van der Waals surface area contributed by atoms with Crippen molar-refractivity contribution in [3.8, 4) is 0 Å². The minimum absolute atomic E-state index is 0.180. The van der Waals surface area contributed by atoms with E-state index in [1.54, 1.807) is 22.4 Å². The maximum absolute atomic E-state index is 12.5. The minimum Gasteiger partial charge on any atom is -0.340 e. The molecule has 9 heteroatoms. The molecule has 0 aromatic carbocycles. The molecule has 1 saturated heterocycles. The molecule has 0 aliphatic carbocycles. The van der Waals surface area contributed by atoms with Crippen LogP contribution in [0.2, 0.25) is 0 Å². The first-order chi connectivity index (χ1) is 10.9. The average molecular weight is 344 g/mol. The third kappa shape index (κ3) is 3.72. The molecule has 3 rings (SSSR count). The number of amides is 1. The number of alkyl halides is 3. The van der Waals surface area contributed by atoms with E-state index in [1.165, 1.54) is 6.20 Å². The van der Waals surface area contributed by atoms with Crippen LogP contribution in [0.3, 0.4) is 0 Å². The van der Waals surface area contributed by atoms with Gasteiger partial charge in [-0.15, -0.1) is 11.3 Å². The van der Waals surface area contributed by atoms with Crippen LogP contribution >= 0.6 is 11.3 Å². The minimum atomic E-state index is -4.49. The van der Waals surface area contributed by atoms with Crippen molar-refractivity contribution in [3.05, 3.63) is 34.5 Å². The summed E-state index contributed by atoms with van der Waals surface area (Å²) in [6, 6.07) is 0.877. The van der Waals surface area contributed by atoms with Crippen LogP contribution in [0.1, 0.15) is 29.5 Å². The van der Waals surface area contributed by atoms with Crippen LogP contribution in [0.5, 0.6) is 0 Å². The summed E-state index contributed by atoms with van der Waals surface area (Å²) in [6.45, 7) is 0.995. The van der Waals surface area contributed by atoms with Crippen molar-refractivity contribution in [1.82, 2.24) is 19.7 Å². The fourth-order valence-electron chi connectivity index (χ4n) is 2.68. The van der Waals surface area contributed by atoms with E-state index in [-0.39, 0.29) is 18.4 Å². The van der Waals surface area contributed by atoms with E-state index in [0.29, 0.717) is 13.1 Å². The first-order valence-electron chi connectivity index (χ1n) is 7.21. The normalized spacial score (nSPS) is 19.1. The molecule has 23 heavy (non-hydrogen) atoms. The summed E-state index contributed by atoms with van der Waals surface area (Å²) >= 11 is 1.56. The lowest BCUT2D eigenvalue weighted by atomic mass is 9.99. The fraction of sp³-hybridized carbons (Fsp3) is 0.500. The smallest absolute Gasteiger partial charge is 0.340 e. The molecule has 124 valence electrons. The molecule has 2 aromatic heterocycles. The Kier molecular flexibility index (Phi) is 4.38. The highest BCUT2D eigenvalue weighted by Crippen LogP contribution is 2.29. The molecule has 0 radical (unpaired) electrons. The van der Waals surface area contributed by atoms with Crippen LogP contribution in [0.4, 0.5) is 13.2 Å². The molecule has 1 atom stereocenters. The number of thiazole rings is 1. The summed E-state index contributed by atoms with van der Waals surface area (Å²) in [7, 11) is 0. The van der Waals surface area contributed by atoms with Crippen LogP contribution < -0.4 is 0 Å². The zero-order valence-corrected chi connectivity index (χ0v) is 13.0. The lowest BCUT2D eigenvalue weighted by molar-refractivity contribution is -0.142. The molecule has 5 nitrogen and oxygen atoms in total. The highest BCUT2D eigenvalue weighted by Gasteiger charge is 2.34. The van der Waals surface area contributed by atoms with Gasteiger partial charge >= 0.3 is 6.18 Å². The predicted molar refractivity (Wildman–Crippen MR) is 77.9 cm³/mol. The summed E-state index contributed by atoms with van der Waals surface area (Å²) in [6.07, 6.45) is 0.266. The molecular formula is C14H15F3N4OS. The molecule has 1 aliphatic heterocycles. The van der Waals surface area contributed by atoms with Crippen molar-refractivity contribution in [2.24, 2.45) is 0 Å². The predicted octanol–water partition coefficient (Wildman–Crippen LogP) is 2.76. The molecule has 1 unspecified atom stereocenters. The molecular weight excluding hydrogens is 329 g/mol. The van der Waals surface area contributed by atoms with Gasteiger partial charge in [0.25, 0.3) is 0 Å². The number of rotatable bonds is 3. The summed E-state index contributed by atoms with van der Waals surface area (Å²) in [5.74, 6) is -0.0147. The third-order valence-electron chi connectivity index (χ3n) is 3.80. The highest BCUT2D eigenvalue weighted by atomic mass is 32.1. The van der Waals surface area contributed by atoms with E-state index in [4.69, 9.17) is 0 Å². The number of hydrogen-bond donors (Lipinski definition) is 0. The molecule has 0 bridgehead atoms. The van der Waals surface area contributed by atoms with Crippen molar-refractivity contribution < 1.29 is 18.0 Å². The lowest BCUT2D eigenvalue weighted by Gasteiger charge is -2.31. The second-order valence-corrected chi connectivity index (χ2v) is 6.37. The van der Waals surface area contributed by atoms with E-state index in [0.717, 1.165) is 28.6 Å². The van der Waals surface area contributed by atoms with Gasteiger partial charge in [0.2, 0.25) is 5.91 Å². The summed E-state index contributed by atoms with van der Waals surface area (Å²) in [5, 5.41) is 6.32. The Morgan fingerprint density at radius 1 is 1.43 bits per heavy atom. The molecule has 0 saturated carbocycles. The van der Waals surface area contributed by atoms with Gasteiger partial charge in [0, 0.05) is 36.8 Å². The number of aromatic nitrogens is 3. The molecule has 2 aromatic rings. The fourth-order valence-corrected chi connectivity index (χ4v) is 3.45. The highest BCUT2D eigenvalue weighted by molar-refractivity contribution is 7.09. The molecule has 3 heterocycles. The Bertz CT molecular complexity index is 668. The maximum Gasteiger partial charge on any atom is 0.435 e. The number of nitrogens with zero attached hydrogens (tertiary/aromatic N) is 4. The van der Waals surface area contributed by atoms with E-state index in [1.807, 2.05) is 5.38 Å². The SMILES string of the molecule is O=C(Cn1ccc(C(F)(F)F)n1)N1CCCC(c2nccs2)C1. The molecule has 0 N–H and O–H groups in total. The topological polar surface area (TPSA) is 51.0 Å². The van der Waals surface area contributed by atoms with Crippen molar-refractivity contribution in [2.75, 3.05) is 13.1 Å². The largest absolute Gasteiger partial charge is 0.435 e. The Morgan fingerprint density at radius 3 is 2.91 bits per heavy atom. The van der Waals surface area contributed by atoms with Gasteiger partial charge < -0.3 is 4.90 Å². The van der Waals surface area contributed by atoms with E-state index in [2.05, 4.69) is 10.1 Å². The monoisotopic (exact) mass is 344 g/mol. The summed E-state index contributed by atoms with van der Waals surface area (Å²) in [5.41, 5.74) is -0.982. The van der Waals surface area contributed by atoms with E-state index < -0.39 is 11.9 Å². The van der Waals surface area contributed by atoms with Gasteiger partial charge in [0.15, 0.2) is 5.69 Å². The van der Waals surface area contributed by atoms with E-state index >= 15 is 0 Å². The van der Waals surface area contributed by atoms with Crippen LogP contribution in [-0.2, 0) is 17.5 Å². The number of halogens is 3. The first kappa shape index (κ1) is 16.0. The first-order valence-corrected chi connectivity index (χ1v) is 8.09.